The molecular formula is C17H24N6. The van der Waals surface area contributed by atoms with E-state index >= 15 is 0 Å². The SMILES string of the molecule is CN[C@@H]1CCN(c2cc(CNCc3ccccc3)nc(N)n2)C1. The lowest BCUT2D eigenvalue weighted by atomic mass is 10.2. The highest BCUT2D eigenvalue weighted by Crippen LogP contribution is 2.19. The standard InChI is InChI=1S/C17H24N6/c1-19-14-7-8-23(12-14)16-9-15(21-17(18)22-16)11-20-10-13-5-3-2-4-6-13/h2-6,9,14,19-20H,7-8,10-12H2,1H3,(H2,18,21,22)/t14-/m1/s1. The molecule has 4 N–H and O–H groups in total. The first-order chi connectivity index (χ1) is 11.2. The highest BCUT2D eigenvalue weighted by Gasteiger charge is 2.22. The van der Waals surface area contributed by atoms with Crippen LogP contribution in [-0.4, -0.2) is 36.1 Å². The van der Waals surface area contributed by atoms with E-state index < -0.39 is 0 Å². The smallest absolute Gasteiger partial charge is 0.222 e. The molecule has 2 heterocycles. The van der Waals surface area contributed by atoms with Crippen molar-refractivity contribution in [3.63, 3.8) is 0 Å². The van der Waals surface area contributed by atoms with Crippen LogP contribution < -0.4 is 21.3 Å². The van der Waals surface area contributed by atoms with Gasteiger partial charge in [0.15, 0.2) is 0 Å². The molecular weight excluding hydrogens is 288 g/mol. The Kier molecular flexibility index (Phi) is 5.05. The number of hydrogen-bond donors (Lipinski definition) is 3. The van der Waals surface area contributed by atoms with Crippen molar-refractivity contribution in [2.75, 3.05) is 30.8 Å². The molecule has 0 unspecified atom stereocenters. The topological polar surface area (TPSA) is 79.1 Å². The summed E-state index contributed by atoms with van der Waals surface area (Å²) in [6, 6.07) is 12.9. The molecule has 1 aliphatic heterocycles. The van der Waals surface area contributed by atoms with E-state index in [4.69, 9.17) is 5.73 Å². The summed E-state index contributed by atoms with van der Waals surface area (Å²) >= 11 is 0. The predicted molar refractivity (Wildman–Crippen MR) is 93.1 cm³/mol. The van der Waals surface area contributed by atoms with Gasteiger partial charge in [0.2, 0.25) is 5.95 Å². The van der Waals surface area contributed by atoms with Gasteiger partial charge in [-0.1, -0.05) is 30.3 Å². The molecule has 3 rings (SSSR count). The number of hydrogen-bond acceptors (Lipinski definition) is 6. The molecule has 6 heteroatoms. The average molecular weight is 312 g/mol. The Morgan fingerprint density at radius 2 is 2.04 bits per heavy atom. The van der Waals surface area contributed by atoms with Crippen molar-refractivity contribution >= 4 is 11.8 Å². The van der Waals surface area contributed by atoms with Gasteiger partial charge in [-0.25, -0.2) is 4.98 Å². The Hall–Kier alpha value is -2.18. The minimum atomic E-state index is 0.340. The fourth-order valence-electron chi connectivity index (χ4n) is 2.89. The van der Waals surface area contributed by atoms with E-state index in [1.165, 1.54) is 5.56 Å². The van der Waals surface area contributed by atoms with Crippen LogP contribution in [0.25, 0.3) is 0 Å². The number of nitrogen functional groups attached to an aromatic ring is 1. The third kappa shape index (κ3) is 4.18. The Morgan fingerprint density at radius 3 is 2.78 bits per heavy atom. The number of aromatic nitrogens is 2. The van der Waals surface area contributed by atoms with Crippen LogP contribution in [-0.2, 0) is 13.1 Å². The quantitative estimate of drug-likeness (QED) is 0.742. The molecule has 0 spiro atoms. The molecule has 0 saturated carbocycles. The minimum absolute atomic E-state index is 0.340. The minimum Gasteiger partial charge on any atom is -0.368 e. The van der Waals surface area contributed by atoms with Crippen molar-refractivity contribution in [3.05, 3.63) is 47.7 Å². The maximum absolute atomic E-state index is 5.88. The number of nitrogens with one attached hydrogen (secondary N) is 2. The lowest BCUT2D eigenvalue weighted by molar-refractivity contribution is 0.616. The summed E-state index contributed by atoms with van der Waals surface area (Å²) in [5.41, 5.74) is 8.07. The molecule has 1 aliphatic rings. The zero-order chi connectivity index (χ0) is 16.1. The highest BCUT2D eigenvalue weighted by molar-refractivity contribution is 5.44. The van der Waals surface area contributed by atoms with Gasteiger partial charge in [-0.15, -0.1) is 0 Å². The van der Waals surface area contributed by atoms with E-state index in [2.05, 4.69) is 37.6 Å². The second kappa shape index (κ2) is 7.39. The zero-order valence-corrected chi connectivity index (χ0v) is 13.5. The largest absolute Gasteiger partial charge is 0.368 e. The summed E-state index contributed by atoms with van der Waals surface area (Å²) < 4.78 is 0. The van der Waals surface area contributed by atoms with Gasteiger partial charge in [-0.2, -0.15) is 4.98 Å². The molecule has 1 aromatic carbocycles. The molecule has 0 aliphatic carbocycles. The molecule has 1 fully saturated rings. The van der Waals surface area contributed by atoms with E-state index in [0.717, 1.165) is 37.6 Å². The van der Waals surface area contributed by atoms with Gasteiger partial charge in [0, 0.05) is 38.3 Å². The van der Waals surface area contributed by atoms with Crippen molar-refractivity contribution in [2.24, 2.45) is 0 Å². The van der Waals surface area contributed by atoms with E-state index in [-0.39, 0.29) is 0 Å². The van der Waals surface area contributed by atoms with E-state index in [1.807, 2.05) is 31.3 Å². The number of nitrogens with zero attached hydrogens (tertiary/aromatic N) is 3. The van der Waals surface area contributed by atoms with Gasteiger partial charge in [-0.3, -0.25) is 0 Å². The number of benzene rings is 1. The second-order valence-corrected chi connectivity index (χ2v) is 5.89. The third-order valence-electron chi connectivity index (χ3n) is 4.18. The van der Waals surface area contributed by atoms with Crippen molar-refractivity contribution in [1.29, 1.82) is 0 Å². The van der Waals surface area contributed by atoms with Crippen molar-refractivity contribution in [1.82, 2.24) is 20.6 Å². The summed E-state index contributed by atoms with van der Waals surface area (Å²) in [6.45, 7) is 3.45. The first-order valence-electron chi connectivity index (χ1n) is 8.05. The van der Waals surface area contributed by atoms with Crippen LogP contribution in [0.4, 0.5) is 11.8 Å². The maximum Gasteiger partial charge on any atom is 0.222 e. The Bertz CT molecular complexity index is 630. The fourth-order valence-corrected chi connectivity index (χ4v) is 2.89. The molecule has 6 nitrogen and oxygen atoms in total. The van der Waals surface area contributed by atoms with Crippen LogP contribution in [0, 0.1) is 0 Å². The lowest BCUT2D eigenvalue weighted by Gasteiger charge is -2.18. The summed E-state index contributed by atoms with van der Waals surface area (Å²) in [5.74, 6) is 1.26. The molecule has 122 valence electrons. The molecule has 0 amide bonds. The summed E-state index contributed by atoms with van der Waals surface area (Å²) in [5, 5.41) is 6.72. The van der Waals surface area contributed by atoms with Gasteiger partial charge >= 0.3 is 0 Å². The molecule has 0 radical (unpaired) electrons. The van der Waals surface area contributed by atoms with Crippen LogP contribution in [0.15, 0.2) is 36.4 Å². The Morgan fingerprint density at radius 1 is 1.22 bits per heavy atom. The number of likely N-dealkylation sites (N-methyl/N-ethyl adjacent to an activating group) is 1. The average Bonchev–Trinajstić information content (AvgIpc) is 3.04. The van der Waals surface area contributed by atoms with Gasteiger partial charge in [0.05, 0.1) is 5.69 Å². The second-order valence-electron chi connectivity index (χ2n) is 5.89. The first kappa shape index (κ1) is 15.7. The number of rotatable bonds is 6. The van der Waals surface area contributed by atoms with Gasteiger partial charge in [-0.05, 0) is 19.0 Å². The zero-order valence-electron chi connectivity index (χ0n) is 13.5. The monoisotopic (exact) mass is 312 g/mol. The number of anilines is 2. The lowest BCUT2D eigenvalue weighted by Crippen LogP contribution is -2.30. The molecule has 0 bridgehead atoms. The van der Waals surface area contributed by atoms with Gasteiger partial charge < -0.3 is 21.3 Å². The van der Waals surface area contributed by atoms with E-state index in [9.17, 15) is 0 Å². The van der Waals surface area contributed by atoms with E-state index in [0.29, 0.717) is 18.5 Å². The third-order valence-corrected chi connectivity index (χ3v) is 4.18. The molecule has 1 atom stereocenters. The van der Waals surface area contributed by atoms with Crippen LogP contribution in [0.2, 0.25) is 0 Å². The summed E-state index contributed by atoms with van der Waals surface area (Å²) in [6.07, 6.45) is 1.13. The molecule has 23 heavy (non-hydrogen) atoms. The van der Waals surface area contributed by atoms with Crippen molar-refractivity contribution in [3.8, 4) is 0 Å². The van der Waals surface area contributed by atoms with Gasteiger partial charge in [0.1, 0.15) is 5.82 Å². The normalized spacial score (nSPS) is 17.6. The highest BCUT2D eigenvalue weighted by atomic mass is 15.2. The molecule has 1 aromatic heterocycles. The Balaban J connectivity index is 1.61. The van der Waals surface area contributed by atoms with E-state index in [1.54, 1.807) is 0 Å². The molecule has 1 saturated heterocycles. The Labute approximate surface area is 137 Å². The van der Waals surface area contributed by atoms with Crippen molar-refractivity contribution < 1.29 is 0 Å². The maximum atomic E-state index is 5.88. The van der Waals surface area contributed by atoms with Crippen LogP contribution in [0.3, 0.4) is 0 Å². The summed E-state index contributed by atoms with van der Waals surface area (Å²) in [7, 11) is 2.00. The van der Waals surface area contributed by atoms with Crippen LogP contribution in [0.1, 0.15) is 17.7 Å². The fraction of sp³-hybridized carbons (Fsp3) is 0.412. The van der Waals surface area contributed by atoms with Gasteiger partial charge in [0.25, 0.3) is 0 Å². The molecule has 2 aromatic rings. The van der Waals surface area contributed by atoms with Crippen molar-refractivity contribution in [2.45, 2.75) is 25.6 Å². The first-order valence-corrected chi connectivity index (χ1v) is 8.05. The summed E-state index contributed by atoms with van der Waals surface area (Å²) in [4.78, 5) is 11.0. The number of nitrogens with two attached hydrogens (primary N) is 1. The predicted octanol–water partition coefficient (Wildman–Crippen LogP) is 1.15. The van der Waals surface area contributed by atoms with Crippen LogP contribution in [0.5, 0.6) is 0 Å². The van der Waals surface area contributed by atoms with Crippen LogP contribution >= 0.6 is 0 Å².